The van der Waals surface area contributed by atoms with Crippen LogP contribution in [0.4, 0.5) is 0 Å². The van der Waals surface area contributed by atoms with Crippen LogP contribution in [0.1, 0.15) is 18.9 Å². The van der Waals surface area contributed by atoms with Crippen molar-refractivity contribution in [3.05, 3.63) is 28.2 Å². The third kappa shape index (κ3) is 3.31. The monoisotopic (exact) mass is 257 g/mol. The summed E-state index contributed by atoms with van der Waals surface area (Å²) in [5, 5.41) is 0. The van der Waals surface area contributed by atoms with Crippen LogP contribution < -0.4 is 10.5 Å². The number of rotatable bonds is 5. The van der Waals surface area contributed by atoms with Crippen molar-refractivity contribution in [2.45, 2.75) is 19.8 Å². The highest BCUT2D eigenvalue weighted by Crippen LogP contribution is 2.24. The maximum Gasteiger partial charge on any atom is 0.123 e. The van der Waals surface area contributed by atoms with E-state index in [4.69, 9.17) is 10.5 Å². The zero-order chi connectivity index (χ0) is 10.4. The first kappa shape index (κ1) is 11.5. The molecule has 0 fully saturated rings. The summed E-state index contributed by atoms with van der Waals surface area (Å²) in [6, 6.07) is 6.08. The molecule has 0 aliphatic heterocycles. The summed E-state index contributed by atoms with van der Waals surface area (Å²) < 4.78 is 6.68. The van der Waals surface area contributed by atoms with E-state index in [1.807, 2.05) is 12.1 Å². The molecule has 0 aliphatic carbocycles. The minimum Gasteiger partial charge on any atom is -0.493 e. The lowest BCUT2D eigenvalue weighted by atomic mass is 10.1. The van der Waals surface area contributed by atoms with Gasteiger partial charge in [0.1, 0.15) is 5.75 Å². The predicted octanol–water partition coefficient (Wildman–Crippen LogP) is 2.74. The van der Waals surface area contributed by atoms with Gasteiger partial charge in [0.15, 0.2) is 0 Å². The lowest BCUT2D eigenvalue weighted by Gasteiger charge is -2.10. The number of benzene rings is 1. The van der Waals surface area contributed by atoms with Crippen molar-refractivity contribution in [3.63, 3.8) is 0 Å². The van der Waals surface area contributed by atoms with E-state index in [2.05, 4.69) is 28.9 Å². The number of hydrogen-bond donors (Lipinski definition) is 1. The summed E-state index contributed by atoms with van der Waals surface area (Å²) in [7, 11) is 0. The van der Waals surface area contributed by atoms with Gasteiger partial charge in [0.05, 0.1) is 6.61 Å². The fraction of sp³-hybridized carbons (Fsp3) is 0.455. The average Bonchev–Trinajstić information content (AvgIpc) is 2.18. The summed E-state index contributed by atoms with van der Waals surface area (Å²) in [6.45, 7) is 3.51. The second kappa shape index (κ2) is 6.04. The smallest absolute Gasteiger partial charge is 0.123 e. The molecule has 0 amide bonds. The molecule has 0 bridgehead atoms. The van der Waals surface area contributed by atoms with E-state index in [-0.39, 0.29) is 0 Å². The molecule has 3 heteroatoms. The van der Waals surface area contributed by atoms with Gasteiger partial charge in [0.25, 0.3) is 0 Å². The van der Waals surface area contributed by atoms with Crippen LogP contribution >= 0.6 is 15.9 Å². The quantitative estimate of drug-likeness (QED) is 0.881. The lowest BCUT2D eigenvalue weighted by Crippen LogP contribution is -2.05. The Morgan fingerprint density at radius 1 is 1.43 bits per heavy atom. The average molecular weight is 258 g/mol. The molecule has 0 spiro atoms. The first-order chi connectivity index (χ1) is 6.77. The van der Waals surface area contributed by atoms with Crippen LogP contribution in [0, 0.1) is 0 Å². The highest BCUT2D eigenvalue weighted by Gasteiger charge is 2.03. The van der Waals surface area contributed by atoms with Crippen molar-refractivity contribution in [2.75, 3.05) is 13.2 Å². The van der Waals surface area contributed by atoms with Gasteiger partial charge in [0, 0.05) is 4.47 Å². The molecule has 0 saturated heterocycles. The Hall–Kier alpha value is -0.540. The number of nitrogens with two attached hydrogens (primary N) is 1. The van der Waals surface area contributed by atoms with Crippen LogP contribution in [0.15, 0.2) is 22.7 Å². The highest BCUT2D eigenvalue weighted by atomic mass is 79.9. The maximum absolute atomic E-state index is 5.63. The van der Waals surface area contributed by atoms with Crippen LogP contribution in [-0.2, 0) is 6.42 Å². The third-order valence-corrected chi connectivity index (χ3v) is 2.40. The predicted molar refractivity (Wildman–Crippen MR) is 62.7 cm³/mol. The van der Waals surface area contributed by atoms with E-state index in [0.29, 0.717) is 6.54 Å². The minimum absolute atomic E-state index is 0.657. The van der Waals surface area contributed by atoms with Gasteiger partial charge in [-0.25, -0.2) is 0 Å². The first-order valence-corrected chi connectivity index (χ1v) is 5.68. The fourth-order valence-corrected chi connectivity index (χ4v) is 1.58. The third-order valence-electron chi connectivity index (χ3n) is 1.90. The largest absolute Gasteiger partial charge is 0.493 e. The van der Waals surface area contributed by atoms with E-state index in [9.17, 15) is 0 Å². The van der Waals surface area contributed by atoms with E-state index < -0.39 is 0 Å². The van der Waals surface area contributed by atoms with Crippen molar-refractivity contribution in [3.8, 4) is 5.75 Å². The van der Waals surface area contributed by atoms with Crippen LogP contribution in [0.2, 0.25) is 0 Å². The molecule has 0 saturated carbocycles. The SMILES string of the molecule is CCCOc1cc(Br)ccc1CCN. The van der Waals surface area contributed by atoms with E-state index in [0.717, 1.165) is 29.7 Å². The van der Waals surface area contributed by atoms with Crippen molar-refractivity contribution in [1.82, 2.24) is 0 Å². The highest BCUT2D eigenvalue weighted by molar-refractivity contribution is 9.10. The van der Waals surface area contributed by atoms with Crippen LogP contribution in [0.5, 0.6) is 5.75 Å². The van der Waals surface area contributed by atoms with E-state index in [1.165, 1.54) is 5.56 Å². The Kier molecular flexibility index (Phi) is 4.98. The molecule has 1 rings (SSSR count). The fourth-order valence-electron chi connectivity index (χ4n) is 1.24. The molecule has 0 heterocycles. The van der Waals surface area contributed by atoms with Crippen molar-refractivity contribution in [1.29, 1.82) is 0 Å². The molecule has 14 heavy (non-hydrogen) atoms. The topological polar surface area (TPSA) is 35.2 Å². The van der Waals surface area contributed by atoms with Gasteiger partial charge in [0.2, 0.25) is 0 Å². The Bertz CT molecular complexity index is 289. The molecule has 1 aromatic carbocycles. The van der Waals surface area contributed by atoms with Crippen LogP contribution in [0.3, 0.4) is 0 Å². The van der Waals surface area contributed by atoms with Gasteiger partial charge in [-0.1, -0.05) is 28.9 Å². The van der Waals surface area contributed by atoms with Crippen molar-refractivity contribution >= 4 is 15.9 Å². The lowest BCUT2D eigenvalue weighted by molar-refractivity contribution is 0.314. The Labute approximate surface area is 93.6 Å². The molecule has 0 aliphatic rings. The van der Waals surface area contributed by atoms with Crippen molar-refractivity contribution < 1.29 is 4.74 Å². The van der Waals surface area contributed by atoms with Crippen LogP contribution in [-0.4, -0.2) is 13.2 Å². The molecule has 0 atom stereocenters. The second-order valence-electron chi connectivity index (χ2n) is 3.14. The summed E-state index contributed by atoms with van der Waals surface area (Å²) in [4.78, 5) is 0. The molecular weight excluding hydrogens is 242 g/mol. The van der Waals surface area contributed by atoms with Gasteiger partial charge in [-0.2, -0.15) is 0 Å². The summed E-state index contributed by atoms with van der Waals surface area (Å²) in [5.74, 6) is 0.951. The normalized spacial score (nSPS) is 10.2. The summed E-state index contributed by atoms with van der Waals surface area (Å²) in [5.41, 5.74) is 6.71. The molecule has 0 unspecified atom stereocenters. The molecule has 78 valence electrons. The standard InChI is InChI=1S/C11H16BrNO/c1-2-7-14-11-8-10(12)4-3-9(11)5-6-13/h3-4,8H,2,5-7,13H2,1H3. The summed E-state index contributed by atoms with van der Waals surface area (Å²) >= 11 is 3.43. The van der Waals surface area contributed by atoms with Gasteiger partial charge in [-0.15, -0.1) is 0 Å². The Morgan fingerprint density at radius 3 is 2.86 bits per heavy atom. The number of hydrogen-bond acceptors (Lipinski definition) is 2. The molecule has 2 N–H and O–H groups in total. The van der Waals surface area contributed by atoms with Gasteiger partial charge in [-0.05, 0) is 37.1 Å². The number of halogens is 1. The maximum atomic E-state index is 5.63. The van der Waals surface area contributed by atoms with Crippen LogP contribution in [0.25, 0.3) is 0 Å². The van der Waals surface area contributed by atoms with E-state index in [1.54, 1.807) is 0 Å². The van der Waals surface area contributed by atoms with Gasteiger partial charge >= 0.3 is 0 Å². The van der Waals surface area contributed by atoms with Crippen molar-refractivity contribution in [2.24, 2.45) is 5.73 Å². The molecule has 0 radical (unpaired) electrons. The van der Waals surface area contributed by atoms with E-state index >= 15 is 0 Å². The molecule has 2 nitrogen and oxygen atoms in total. The Morgan fingerprint density at radius 2 is 2.21 bits per heavy atom. The Balaban J connectivity index is 2.79. The minimum atomic E-state index is 0.657. The zero-order valence-corrected chi connectivity index (χ0v) is 10.0. The molecule has 0 aromatic heterocycles. The first-order valence-electron chi connectivity index (χ1n) is 4.89. The molecular formula is C11H16BrNO. The van der Waals surface area contributed by atoms with Gasteiger partial charge < -0.3 is 10.5 Å². The van der Waals surface area contributed by atoms with Gasteiger partial charge in [-0.3, -0.25) is 0 Å². The number of ether oxygens (including phenoxy) is 1. The zero-order valence-electron chi connectivity index (χ0n) is 8.42. The molecule has 1 aromatic rings. The second-order valence-corrected chi connectivity index (χ2v) is 4.05. The summed E-state index contributed by atoms with van der Waals surface area (Å²) in [6.07, 6.45) is 1.89.